The van der Waals surface area contributed by atoms with E-state index in [4.69, 9.17) is 5.73 Å². The Balaban J connectivity index is 2.11. The molecular formula is C12H15N3. The summed E-state index contributed by atoms with van der Waals surface area (Å²) in [6, 6.07) is 8.62. The topological polar surface area (TPSA) is 54.7 Å². The van der Waals surface area contributed by atoms with Gasteiger partial charge in [-0.3, -0.25) is 0 Å². The predicted octanol–water partition coefficient (Wildman–Crippen LogP) is 2.15. The average Bonchev–Trinajstić information content (AvgIpc) is 2.65. The highest BCUT2D eigenvalue weighted by Crippen LogP contribution is 2.10. The maximum atomic E-state index is 5.51. The van der Waals surface area contributed by atoms with Crippen LogP contribution in [0.3, 0.4) is 0 Å². The molecule has 0 saturated heterocycles. The molecule has 0 aliphatic carbocycles. The van der Waals surface area contributed by atoms with Crippen molar-refractivity contribution in [3.05, 3.63) is 47.3 Å². The molecule has 3 nitrogen and oxygen atoms in total. The molecule has 0 saturated carbocycles. The molecule has 0 aliphatic heterocycles. The monoisotopic (exact) mass is 201 g/mol. The Bertz CT molecular complexity index is 428. The van der Waals surface area contributed by atoms with Gasteiger partial charge < -0.3 is 10.7 Å². The fourth-order valence-electron chi connectivity index (χ4n) is 1.58. The molecule has 0 amide bonds. The molecule has 1 heterocycles. The van der Waals surface area contributed by atoms with Gasteiger partial charge in [0.05, 0.1) is 6.20 Å². The molecule has 1 aromatic heterocycles. The average molecular weight is 201 g/mol. The maximum absolute atomic E-state index is 5.51. The van der Waals surface area contributed by atoms with Crippen molar-refractivity contribution in [3.63, 3.8) is 0 Å². The summed E-state index contributed by atoms with van der Waals surface area (Å²) in [7, 11) is 0. The molecule has 1 aromatic carbocycles. The summed E-state index contributed by atoms with van der Waals surface area (Å²) in [6.07, 6.45) is 3.72. The van der Waals surface area contributed by atoms with Crippen LogP contribution in [0, 0.1) is 0 Å². The number of imidazole rings is 1. The molecule has 0 radical (unpaired) electrons. The summed E-state index contributed by atoms with van der Waals surface area (Å²) in [6.45, 7) is 2.16. The number of rotatable bonds is 3. The van der Waals surface area contributed by atoms with E-state index >= 15 is 0 Å². The molecule has 2 rings (SSSR count). The molecule has 0 spiro atoms. The Morgan fingerprint density at radius 2 is 1.87 bits per heavy atom. The summed E-state index contributed by atoms with van der Waals surface area (Å²) < 4.78 is 0. The van der Waals surface area contributed by atoms with Crippen LogP contribution in [-0.2, 0) is 12.8 Å². The first-order valence-corrected chi connectivity index (χ1v) is 5.15. The summed E-state index contributed by atoms with van der Waals surface area (Å²) >= 11 is 0. The van der Waals surface area contributed by atoms with Crippen LogP contribution in [0.25, 0.3) is 0 Å². The molecular weight excluding hydrogens is 186 g/mol. The van der Waals surface area contributed by atoms with Gasteiger partial charge in [-0.05, 0) is 17.5 Å². The maximum Gasteiger partial charge on any atom is 0.197 e. The second-order valence-electron chi connectivity index (χ2n) is 3.64. The van der Waals surface area contributed by atoms with Gasteiger partial charge in [0.2, 0.25) is 0 Å². The molecule has 0 fully saturated rings. The SMILES string of the molecule is CCc1ccc(Cc2cnc(N)[nH]2)cc1. The van der Waals surface area contributed by atoms with Crippen molar-refractivity contribution < 1.29 is 0 Å². The minimum atomic E-state index is 0.482. The highest BCUT2D eigenvalue weighted by atomic mass is 15.0. The molecule has 0 atom stereocenters. The first kappa shape index (κ1) is 9.77. The van der Waals surface area contributed by atoms with Crippen LogP contribution in [0.15, 0.2) is 30.5 Å². The van der Waals surface area contributed by atoms with Gasteiger partial charge in [-0.25, -0.2) is 4.98 Å². The Morgan fingerprint density at radius 1 is 1.20 bits per heavy atom. The quantitative estimate of drug-likeness (QED) is 0.799. The van der Waals surface area contributed by atoms with Gasteiger partial charge in [0, 0.05) is 12.1 Å². The molecule has 78 valence electrons. The van der Waals surface area contributed by atoms with E-state index in [1.807, 2.05) is 0 Å². The molecule has 0 unspecified atom stereocenters. The Morgan fingerprint density at radius 3 is 2.40 bits per heavy atom. The lowest BCUT2D eigenvalue weighted by Gasteiger charge is -2.00. The van der Waals surface area contributed by atoms with Gasteiger partial charge in [-0.1, -0.05) is 31.2 Å². The normalized spacial score (nSPS) is 10.5. The standard InChI is InChI=1S/C12H15N3/c1-2-9-3-5-10(6-4-9)7-11-8-14-12(13)15-11/h3-6,8H,2,7H2,1H3,(H3,13,14,15). The fourth-order valence-corrected chi connectivity index (χ4v) is 1.58. The van der Waals surface area contributed by atoms with E-state index in [0.29, 0.717) is 5.95 Å². The zero-order chi connectivity index (χ0) is 10.7. The number of hydrogen-bond donors (Lipinski definition) is 2. The van der Waals surface area contributed by atoms with E-state index in [2.05, 4.69) is 41.2 Å². The number of nitrogens with one attached hydrogen (secondary N) is 1. The number of nitrogen functional groups attached to an aromatic ring is 1. The van der Waals surface area contributed by atoms with E-state index in [-0.39, 0.29) is 0 Å². The van der Waals surface area contributed by atoms with Crippen LogP contribution in [-0.4, -0.2) is 9.97 Å². The van der Waals surface area contributed by atoms with E-state index < -0.39 is 0 Å². The molecule has 3 N–H and O–H groups in total. The molecule has 0 bridgehead atoms. The Hall–Kier alpha value is -1.77. The zero-order valence-electron chi connectivity index (χ0n) is 8.83. The number of H-pyrrole nitrogens is 1. The number of benzene rings is 1. The predicted molar refractivity (Wildman–Crippen MR) is 61.6 cm³/mol. The van der Waals surface area contributed by atoms with Crippen LogP contribution in [0.1, 0.15) is 23.7 Å². The lowest BCUT2D eigenvalue weighted by atomic mass is 10.1. The zero-order valence-corrected chi connectivity index (χ0v) is 8.83. The van der Waals surface area contributed by atoms with Crippen molar-refractivity contribution in [2.75, 3.05) is 5.73 Å². The van der Waals surface area contributed by atoms with Gasteiger partial charge in [0.15, 0.2) is 5.95 Å². The van der Waals surface area contributed by atoms with Gasteiger partial charge in [-0.15, -0.1) is 0 Å². The molecule has 15 heavy (non-hydrogen) atoms. The highest BCUT2D eigenvalue weighted by molar-refractivity contribution is 5.28. The summed E-state index contributed by atoms with van der Waals surface area (Å²) in [5, 5.41) is 0. The number of hydrogen-bond acceptors (Lipinski definition) is 2. The van der Waals surface area contributed by atoms with Gasteiger partial charge in [-0.2, -0.15) is 0 Å². The van der Waals surface area contributed by atoms with Crippen molar-refractivity contribution in [3.8, 4) is 0 Å². The van der Waals surface area contributed by atoms with Crippen molar-refractivity contribution in [1.29, 1.82) is 0 Å². The van der Waals surface area contributed by atoms with E-state index in [1.54, 1.807) is 6.20 Å². The van der Waals surface area contributed by atoms with Crippen molar-refractivity contribution in [2.24, 2.45) is 0 Å². The van der Waals surface area contributed by atoms with Gasteiger partial charge in [0.1, 0.15) is 0 Å². The second-order valence-corrected chi connectivity index (χ2v) is 3.64. The third-order valence-corrected chi connectivity index (χ3v) is 2.47. The summed E-state index contributed by atoms with van der Waals surface area (Å²) in [4.78, 5) is 6.99. The van der Waals surface area contributed by atoms with Crippen molar-refractivity contribution in [1.82, 2.24) is 9.97 Å². The number of aromatic nitrogens is 2. The molecule has 2 aromatic rings. The minimum Gasteiger partial charge on any atom is -0.369 e. The lowest BCUT2D eigenvalue weighted by Crippen LogP contribution is -1.90. The van der Waals surface area contributed by atoms with Crippen LogP contribution in [0.5, 0.6) is 0 Å². The molecule has 3 heteroatoms. The first-order chi connectivity index (χ1) is 7.28. The first-order valence-electron chi connectivity index (χ1n) is 5.15. The summed E-state index contributed by atoms with van der Waals surface area (Å²) in [5.41, 5.74) is 9.20. The number of nitrogens with zero attached hydrogens (tertiary/aromatic N) is 1. The summed E-state index contributed by atoms with van der Waals surface area (Å²) in [5.74, 6) is 0.482. The highest BCUT2D eigenvalue weighted by Gasteiger charge is 1.99. The van der Waals surface area contributed by atoms with Crippen LogP contribution >= 0.6 is 0 Å². The van der Waals surface area contributed by atoms with Gasteiger partial charge in [0.25, 0.3) is 0 Å². The second kappa shape index (κ2) is 4.17. The van der Waals surface area contributed by atoms with Crippen molar-refractivity contribution in [2.45, 2.75) is 19.8 Å². The number of anilines is 1. The van der Waals surface area contributed by atoms with Crippen LogP contribution in [0.4, 0.5) is 5.95 Å². The van der Waals surface area contributed by atoms with Crippen LogP contribution < -0.4 is 5.73 Å². The van der Waals surface area contributed by atoms with E-state index in [1.165, 1.54) is 11.1 Å². The molecule has 0 aliphatic rings. The largest absolute Gasteiger partial charge is 0.369 e. The van der Waals surface area contributed by atoms with E-state index in [9.17, 15) is 0 Å². The Labute approximate surface area is 89.4 Å². The van der Waals surface area contributed by atoms with Gasteiger partial charge >= 0.3 is 0 Å². The van der Waals surface area contributed by atoms with Crippen LogP contribution in [0.2, 0.25) is 0 Å². The minimum absolute atomic E-state index is 0.482. The number of aryl methyl sites for hydroxylation is 1. The Kier molecular flexibility index (Phi) is 2.72. The number of aromatic amines is 1. The third kappa shape index (κ3) is 2.37. The fraction of sp³-hybridized carbons (Fsp3) is 0.250. The third-order valence-electron chi connectivity index (χ3n) is 2.47. The van der Waals surface area contributed by atoms with Crippen molar-refractivity contribution >= 4 is 5.95 Å². The smallest absolute Gasteiger partial charge is 0.197 e. The number of nitrogens with two attached hydrogens (primary N) is 1. The lowest BCUT2D eigenvalue weighted by molar-refractivity contribution is 1.09. The van der Waals surface area contributed by atoms with E-state index in [0.717, 1.165) is 18.5 Å².